The molecule has 0 aliphatic rings. The van der Waals surface area contributed by atoms with E-state index in [0.717, 1.165) is 4.90 Å². The van der Waals surface area contributed by atoms with E-state index in [-0.39, 0.29) is 11.7 Å². The number of carbonyl (C=O) groups is 2. The van der Waals surface area contributed by atoms with E-state index in [0.29, 0.717) is 27.9 Å². The second-order valence-corrected chi connectivity index (χ2v) is 6.69. The maximum absolute atomic E-state index is 12.3. The van der Waals surface area contributed by atoms with E-state index in [1.807, 2.05) is 0 Å². The van der Waals surface area contributed by atoms with Gasteiger partial charge in [0.15, 0.2) is 0 Å². The normalized spacial score (nSPS) is 10.6. The van der Waals surface area contributed by atoms with Gasteiger partial charge in [0.2, 0.25) is 5.91 Å². The quantitative estimate of drug-likeness (QED) is 0.729. The van der Waals surface area contributed by atoms with Gasteiger partial charge in [0.1, 0.15) is 0 Å². The lowest BCUT2D eigenvalue weighted by Crippen LogP contribution is -2.14. The minimum absolute atomic E-state index is 0.104. The third-order valence-electron chi connectivity index (χ3n) is 2.85. The Morgan fingerprint density at radius 2 is 1.75 bits per heavy atom. The van der Waals surface area contributed by atoms with Crippen molar-refractivity contribution in [1.29, 1.82) is 0 Å². The highest BCUT2D eigenvalue weighted by Gasteiger charge is 2.11. The summed E-state index contributed by atoms with van der Waals surface area (Å²) in [5, 5.41) is 2.74. The van der Waals surface area contributed by atoms with Crippen LogP contribution in [0.25, 0.3) is 0 Å². The van der Waals surface area contributed by atoms with Crippen molar-refractivity contribution in [3.05, 3.63) is 54.1 Å². The number of nitrogens with two attached hydrogens (primary N) is 1. The summed E-state index contributed by atoms with van der Waals surface area (Å²) in [7, 11) is 0. The fraction of sp³-hybridized carbons (Fsp3) is 0.125. The first kappa shape index (κ1) is 18.3. The average Bonchev–Trinajstić information content (AvgIpc) is 2.54. The number of thioether (sulfide) groups is 2. The van der Waals surface area contributed by atoms with Crippen molar-refractivity contribution in [2.75, 3.05) is 11.1 Å². The Labute approximate surface area is 146 Å². The Morgan fingerprint density at radius 1 is 1.08 bits per heavy atom. The molecule has 4 nitrogen and oxygen atoms in total. The minimum Gasteiger partial charge on any atom is -0.369 e. The third kappa shape index (κ3) is 5.54. The molecule has 0 unspecified atom stereocenters. The summed E-state index contributed by atoms with van der Waals surface area (Å²) in [4.78, 5) is 24.3. The molecule has 0 bridgehead atoms. The van der Waals surface area contributed by atoms with Crippen molar-refractivity contribution in [3.63, 3.8) is 0 Å². The summed E-state index contributed by atoms with van der Waals surface area (Å²) in [6, 6.07) is 12.9. The summed E-state index contributed by atoms with van der Waals surface area (Å²) in [5.74, 6) is -3.21. The maximum atomic E-state index is 12.3. The van der Waals surface area contributed by atoms with Gasteiger partial charge in [-0.05, 0) is 36.4 Å². The number of carbonyl (C=O) groups excluding carboxylic acids is 2. The number of alkyl halides is 2. The Morgan fingerprint density at radius 3 is 2.38 bits per heavy atom. The van der Waals surface area contributed by atoms with E-state index in [1.54, 1.807) is 24.3 Å². The van der Waals surface area contributed by atoms with Crippen LogP contribution in [0, 0.1) is 0 Å². The van der Waals surface area contributed by atoms with Crippen LogP contribution in [0.15, 0.2) is 58.3 Å². The number of rotatable bonds is 7. The van der Waals surface area contributed by atoms with Gasteiger partial charge >= 0.3 is 0 Å². The molecule has 8 heteroatoms. The van der Waals surface area contributed by atoms with Gasteiger partial charge in [0.05, 0.1) is 11.4 Å². The van der Waals surface area contributed by atoms with Crippen molar-refractivity contribution >= 4 is 41.0 Å². The van der Waals surface area contributed by atoms with Gasteiger partial charge in [0, 0.05) is 15.4 Å². The first-order valence-corrected chi connectivity index (χ1v) is 8.68. The van der Waals surface area contributed by atoms with E-state index in [9.17, 15) is 18.4 Å². The SMILES string of the molecule is NC(=O)CSc1ccccc1NC(=O)c1ccc(SC(F)F)cc1. The summed E-state index contributed by atoms with van der Waals surface area (Å²) in [6.45, 7) is 0. The Kier molecular flexibility index (Phi) is 6.62. The number of benzene rings is 2. The minimum atomic E-state index is -2.50. The van der Waals surface area contributed by atoms with Crippen LogP contribution >= 0.6 is 23.5 Å². The number of hydrogen-bond donors (Lipinski definition) is 2. The number of nitrogens with one attached hydrogen (secondary N) is 1. The predicted molar refractivity (Wildman–Crippen MR) is 92.6 cm³/mol. The molecule has 2 amide bonds. The molecule has 24 heavy (non-hydrogen) atoms. The zero-order chi connectivity index (χ0) is 17.5. The summed E-state index contributed by atoms with van der Waals surface area (Å²) < 4.78 is 24.6. The van der Waals surface area contributed by atoms with Crippen LogP contribution in [0.3, 0.4) is 0 Å². The molecule has 0 radical (unpaired) electrons. The molecule has 2 aromatic carbocycles. The van der Waals surface area contributed by atoms with Crippen LogP contribution in [0.4, 0.5) is 14.5 Å². The topological polar surface area (TPSA) is 72.2 Å². The highest BCUT2D eigenvalue weighted by atomic mass is 32.2. The largest absolute Gasteiger partial charge is 0.369 e. The molecule has 0 spiro atoms. The fourth-order valence-corrected chi connectivity index (χ4v) is 3.07. The fourth-order valence-electron chi connectivity index (χ4n) is 1.83. The van der Waals surface area contributed by atoms with E-state index in [1.165, 1.54) is 36.0 Å². The highest BCUT2D eigenvalue weighted by Crippen LogP contribution is 2.28. The molecule has 2 rings (SSSR count). The highest BCUT2D eigenvalue weighted by molar-refractivity contribution is 8.00. The average molecular weight is 368 g/mol. The molecule has 126 valence electrons. The Hall–Kier alpha value is -2.06. The molecule has 0 aromatic heterocycles. The molecule has 0 aliphatic carbocycles. The van der Waals surface area contributed by atoms with Crippen LogP contribution in [-0.4, -0.2) is 23.3 Å². The maximum Gasteiger partial charge on any atom is 0.288 e. The molecule has 0 heterocycles. The van der Waals surface area contributed by atoms with Crippen LogP contribution in [-0.2, 0) is 4.79 Å². The van der Waals surface area contributed by atoms with Gasteiger partial charge in [-0.15, -0.1) is 11.8 Å². The number of amides is 2. The first-order valence-electron chi connectivity index (χ1n) is 6.82. The lowest BCUT2D eigenvalue weighted by Gasteiger charge is -2.10. The third-order valence-corrected chi connectivity index (χ3v) is 4.67. The second-order valence-electron chi connectivity index (χ2n) is 4.61. The van der Waals surface area contributed by atoms with E-state index in [2.05, 4.69) is 5.32 Å². The number of halogens is 2. The zero-order valence-corrected chi connectivity index (χ0v) is 14.0. The predicted octanol–water partition coefficient (Wildman–Crippen LogP) is 3.83. The molecular formula is C16H14F2N2O2S2. The van der Waals surface area contributed by atoms with Crippen molar-refractivity contribution in [2.24, 2.45) is 5.73 Å². The van der Waals surface area contributed by atoms with Crippen LogP contribution < -0.4 is 11.1 Å². The second kappa shape index (κ2) is 8.70. The van der Waals surface area contributed by atoms with Crippen molar-refractivity contribution in [1.82, 2.24) is 0 Å². The van der Waals surface area contributed by atoms with Crippen molar-refractivity contribution in [3.8, 4) is 0 Å². The summed E-state index contributed by atoms with van der Waals surface area (Å²) >= 11 is 1.65. The molecule has 0 saturated heterocycles. The standard InChI is InChI=1S/C16H14F2N2O2S2/c17-16(18)24-11-7-5-10(6-8-11)15(22)20-12-3-1-2-4-13(12)23-9-14(19)21/h1-8,16H,9H2,(H2,19,21)(H,20,22). The monoisotopic (exact) mass is 368 g/mol. The van der Waals surface area contributed by atoms with Gasteiger partial charge in [-0.25, -0.2) is 0 Å². The molecule has 3 N–H and O–H groups in total. The van der Waals surface area contributed by atoms with Crippen LogP contribution in [0.5, 0.6) is 0 Å². The number of anilines is 1. The lowest BCUT2D eigenvalue weighted by atomic mass is 10.2. The number of hydrogen-bond acceptors (Lipinski definition) is 4. The van der Waals surface area contributed by atoms with E-state index < -0.39 is 11.7 Å². The molecular weight excluding hydrogens is 354 g/mol. The van der Waals surface area contributed by atoms with E-state index >= 15 is 0 Å². The Balaban J connectivity index is 2.08. The summed E-state index contributed by atoms with van der Waals surface area (Å²) in [5.41, 5.74) is 6.03. The summed E-state index contributed by atoms with van der Waals surface area (Å²) in [6.07, 6.45) is 0. The first-order chi connectivity index (χ1) is 11.5. The van der Waals surface area contributed by atoms with Crippen LogP contribution in [0.2, 0.25) is 0 Å². The molecule has 2 aromatic rings. The van der Waals surface area contributed by atoms with Gasteiger partial charge in [0.25, 0.3) is 11.7 Å². The number of primary amides is 1. The van der Waals surface area contributed by atoms with Gasteiger partial charge < -0.3 is 11.1 Å². The van der Waals surface area contributed by atoms with Crippen molar-refractivity contribution < 1.29 is 18.4 Å². The molecule has 0 saturated carbocycles. The van der Waals surface area contributed by atoms with Crippen LogP contribution in [0.1, 0.15) is 10.4 Å². The van der Waals surface area contributed by atoms with Gasteiger partial charge in [-0.1, -0.05) is 23.9 Å². The van der Waals surface area contributed by atoms with Gasteiger partial charge in [-0.3, -0.25) is 9.59 Å². The molecule has 0 aliphatic heterocycles. The molecule has 0 atom stereocenters. The zero-order valence-electron chi connectivity index (χ0n) is 12.4. The van der Waals surface area contributed by atoms with E-state index in [4.69, 9.17) is 5.73 Å². The van der Waals surface area contributed by atoms with Crippen molar-refractivity contribution in [2.45, 2.75) is 15.5 Å². The van der Waals surface area contributed by atoms with Gasteiger partial charge in [-0.2, -0.15) is 8.78 Å². The smallest absolute Gasteiger partial charge is 0.288 e. The number of para-hydroxylation sites is 1. The lowest BCUT2D eigenvalue weighted by molar-refractivity contribution is -0.115. The molecule has 0 fully saturated rings. The Bertz CT molecular complexity index is 724.